The van der Waals surface area contributed by atoms with Crippen LogP contribution < -0.4 is 10.6 Å². The number of aromatic hydroxyl groups is 2. The molecular weight excluding hydrogens is 292 g/mol. The number of thiocarbonyl (C=S) groups is 1. The van der Waals surface area contributed by atoms with Gasteiger partial charge >= 0.3 is 5.97 Å². The fraction of sp³-hybridized carbons (Fsp3) is 0.286. The van der Waals surface area contributed by atoms with Crippen molar-refractivity contribution >= 4 is 23.3 Å². The lowest BCUT2D eigenvalue weighted by Crippen LogP contribution is -2.45. The molecule has 6 nitrogen and oxygen atoms in total. The smallest absolute Gasteiger partial charge is 0.338 e. The second kappa shape index (κ2) is 6.01. The summed E-state index contributed by atoms with van der Waals surface area (Å²) >= 11 is 5.09. The van der Waals surface area contributed by atoms with Gasteiger partial charge in [0.25, 0.3) is 0 Å². The maximum Gasteiger partial charge on any atom is 0.338 e. The van der Waals surface area contributed by atoms with E-state index in [2.05, 4.69) is 10.6 Å². The van der Waals surface area contributed by atoms with E-state index in [4.69, 9.17) is 17.0 Å². The SMILES string of the molecule is CCOC(=O)C1=C(C)NC(=S)NC1c1cc(O)ccc1O. The average Bonchev–Trinajstić information content (AvgIpc) is 2.40. The van der Waals surface area contributed by atoms with Gasteiger partial charge in [0.05, 0.1) is 18.2 Å². The predicted molar refractivity (Wildman–Crippen MR) is 80.7 cm³/mol. The van der Waals surface area contributed by atoms with Gasteiger partial charge in [-0.3, -0.25) is 0 Å². The van der Waals surface area contributed by atoms with Crippen molar-refractivity contribution in [1.82, 2.24) is 10.6 Å². The van der Waals surface area contributed by atoms with Crippen molar-refractivity contribution in [3.05, 3.63) is 35.0 Å². The molecule has 1 aliphatic heterocycles. The molecule has 1 heterocycles. The Labute approximate surface area is 127 Å². The second-order valence-corrected chi connectivity index (χ2v) is 4.94. The fourth-order valence-corrected chi connectivity index (χ4v) is 2.45. The minimum Gasteiger partial charge on any atom is -0.508 e. The van der Waals surface area contributed by atoms with Crippen LogP contribution >= 0.6 is 12.2 Å². The highest BCUT2D eigenvalue weighted by molar-refractivity contribution is 7.80. The summed E-state index contributed by atoms with van der Waals surface area (Å²) in [5.41, 5.74) is 1.21. The summed E-state index contributed by atoms with van der Waals surface area (Å²) in [4.78, 5) is 12.1. The summed E-state index contributed by atoms with van der Waals surface area (Å²) in [6.45, 7) is 3.65. The van der Waals surface area contributed by atoms with Crippen LogP contribution in [0.2, 0.25) is 0 Å². The Balaban J connectivity index is 2.52. The number of carbonyl (C=O) groups is 1. The van der Waals surface area contributed by atoms with Crippen LogP contribution in [-0.2, 0) is 9.53 Å². The molecule has 1 atom stereocenters. The first-order valence-electron chi connectivity index (χ1n) is 6.41. The third kappa shape index (κ3) is 3.08. The van der Waals surface area contributed by atoms with Crippen molar-refractivity contribution in [1.29, 1.82) is 0 Å². The van der Waals surface area contributed by atoms with E-state index in [1.54, 1.807) is 13.8 Å². The number of ether oxygens (including phenoxy) is 1. The maximum atomic E-state index is 12.1. The van der Waals surface area contributed by atoms with Gasteiger partial charge in [-0.2, -0.15) is 0 Å². The van der Waals surface area contributed by atoms with Gasteiger partial charge in [-0.05, 0) is 44.3 Å². The van der Waals surface area contributed by atoms with E-state index in [1.807, 2.05) is 0 Å². The zero-order valence-corrected chi connectivity index (χ0v) is 12.5. The molecule has 0 saturated heterocycles. The van der Waals surface area contributed by atoms with Crippen molar-refractivity contribution in [3.8, 4) is 11.5 Å². The van der Waals surface area contributed by atoms with Crippen molar-refractivity contribution in [3.63, 3.8) is 0 Å². The Morgan fingerprint density at radius 3 is 2.81 bits per heavy atom. The number of rotatable bonds is 3. The molecule has 0 saturated carbocycles. The van der Waals surface area contributed by atoms with Crippen LogP contribution in [0.5, 0.6) is 11.5 Å². The van der Waals surface area contributed by atoms with E-state index < -0.39 is 12.0 Å². The van der Waals surface area contributed by atoms with Gasteiger partial charge in [0.1, 0.15) is 11.5 Å². The zero-order chi connectivity index (χ0) is 15.6. The number of esters is 1. The highest BCUT2D eigenvalue weighted by Crippen LogP contribution is 2.34. The molecule has 1 aromatic rings. The second-order valence-electron chi connectivity index (χ2n) is 4.53. The van der Waals surface area contributed by atoms with E-state index in [9.17, 15) is 15.0 Å². The number of allylic oxidation sites excluding steroid dienone is 1. The molecule has 1 aliphatic rings. The first kappa shape index (κ1) is 15.1. The van der Waals surface area contributed by atoms with Gasteiger partial charge in [-0.25, -0.2) is 4.79 Å². The van der Waals surface area contributed by atoms with Crippen LogP contribution in [0.3, 0.4) is 0 Å². The Kier molecular flexibility index (Phi) is 4.32. The van der Waals surface area contributed by atoms with E-state index in [-0.39, 0.29) is 18.1 Å². The summed E-state index contributed by atoms with van der Waals surface area (Å²) in [7, 11) is 0. The van der Waals surface area contributed by atoms with Crippen LogP contribution in [0.4, 0.5) is 0 Å². The molecule has 1 unspecified atom stereocenters. The third-order valence-electron chi connectivity index (χ3n) is 3.09. The number of hydrogen-bond acceptors (Lipinski definition) is 5. The summed E-state index contributed by atoms with van der Waals surface area (Å²) < 4.78 is 5.04. The third-order valence-corrected chi connectivity index (χ3v) is 3.31. The molecule has 21 heavy (non-hydrogen) atoms. The standard InChI is InChI=1S/C14H16N2O4S/c1-3-20-13(19)11-7(2)15-14(21)16-12(11)9-6-8(17)4-5-10(9)18/h4-6,12,17-18H,3H2,1-2H3,(H2,15,16,21). The number of nitrogens with one attached hydrogen (secondary N) is 2. The molecule has 112 valence electrons. The van der Waals surface area contributed by atoms with Crippen LogP contribution in [-0.4, -0.2) is 27.9 Å². The summed E-state index contributed by atoms with van der Waals surface area (Å²) in [6, 6.07) is 3.41. The number of phenols is 2. The molecule has 0 bridgehead atoms. The van der Waals surface area contributed by atoms with E-state index in [0.717, 1.165) is 0 Å². The predicted octanol–water partition coefficient (Wildman–Crippen LogP) is 1.45. The Morgan fingerprint density at radius 1 is 1.43 bits per heavy atom. The molecule has 0 fully saturated rings. The van der Waals surface area contributed by atoms with Gasteiger partial charge in [-0.15, -0.1) is 0 Å². The van der Waals surface area contributed by atoms with Gasteiger partial charge in [0, 0.05) is 11.3 Å². The molecule has 7 heteroatoms. The van der Waals surface area contributed by atoms with Crippen LogP contribution in [0.25, 0.3) is 0 Å². The topological polar surface area (TPSA) is 90.8 Å². The van der Waals surface area contributed by atoms with Crippen LogP contribution in [0.15, 0.2) is 29.5 Å². The lowest BCUT2D eigenvalue weighted by Gasteiger charge is -2.30. The molecule has 4 N–H and O–H groups in total. The number of hydrogen-bond donors (Lipinski definition) is 4. The molecule has 0 aliphatic carbocycles. The molecular formula is C14H16N2O4S. The van der Waals surface area contributed by atoms with Crippen molar-refractivity contribution in [2.24, 2.45) is 0 Å². The largest absolute Gasteiger partial charge is 0.508 e. The van der Waals surface area contributed by atoms with Crippen LogP contribution in [0.1, 0.15) is 25.5 Å². The van der Waals surface area contributed by atoms with Crippen molar-refractivity contribution in [2.75, 3.05) is 6.61 Å². The zero-order valence-electron chi connectivity index (χ0n) is 11.6. The summed E-state index contributed by atoms with van der Waals surface area (Å²) in [6.07, 6.45) is 0. The van der Waals surface area contributed by atoms with E-state index in [0.29, 0.717) is 21.9 Å². The Bertz CT molecular complexity index is 627. The van der Waals surface area contributed by atoms with E-state index in [1.165, 1.54) is 18.2 Å². The van der Waals surface area contributed by atoms with Crippen molar-refractivity contribution < 1.29 is 19.7 Å². The monoisotopic (exact) mass is 308 g/mol. The minimum atomic E-state index is -0.690. The molecule has 1 aromatic carbocycles. The number of benzene rings is 1. The maximum absolute atomic E-state index is 12.1. The van der Waals surface area contributed by atoms with Gasteiger partial charge in [0.2, 0.25) is 0 Å². The molecule has 2 rings (SSSR count). The highest BCUT2D eigenvalue weighted by Gasteiger charge is 2.32. The van der Waals surface area contributed by atoms with Gasteiger partial charge < -0.3 is 25.6 Å². The fourth-order valence-electron chi connectivity index (χ4n) is 2.18. The van der Waals surface area contributed by atoms with Crippen LogP contribution in [0, 0.1) is 0 Å². The molecule has 0 radical (unpaired) electrons. The molecule has 0 amide bonds. The quantitative estimate of drug-likeness (QED) is 0.382. The Hall–Kier alpha value is -2.28. The molecule has 0 spiro atoms. The van der Waals surface area contributed by atoms with Gasteiger partial charge in [0.15, 0.2) is 5.11 Å². The first-order valence-corrected chi connectivity index (χ1v) is 6.82. The van der Waals surface area contributed by atoms with Crippen molar-refractivity contribution in [2.45, 2.75) is 19.9 Å². The summed E-state index contributed by atoms with van der Waals surface area (Å²) in [5, 5.41) is 25.7. The lowest BCUT2D eigenvalue weighted by molar-refractivity contribution is -0.139. The van der Waals surface area contributed by atoms with Gasteiger partial charge in [-0.1, -0.05) is 0 Å². The Morgan fingerprint density at radius 2 is 2.14 bits per heavy atom. The first-order chi connectivity index (χ1) is 9.93. The number of carbonyl (C=O) groups excluding carboxylic acids is 1. The average molecular weight is 308 g/mol. The molecule has 0 aromatic heterocycles. The van der Waals surface area contributed by atoms with E-state index >= 15 is 0 Å². The number of phenolic OH excluding ortho intramolecular Hbond substituents is 2. The summed E-state index contributed by atoms with van der Waals surface area (Å²) in [5.74, 6) is -0.579. The normalized spacial score (nSPS) is 18.0. The minimum absolute atomic E-state index is 0.0186. The highest BCUT2D eigenvalue weighted by atomic mass is 32.1. The lowest BCUT2D eigenvalue weighted by atomic mass is 9.94.